The monoisotopic (exact) mass is 162 g/mol. The molecular formula is C6H10O3S. The van der Waals surface area contributed by atoms with E-state index >= 15 is 0 Å². The molecule has 2 saturated heterocycles. The highest BCUT2D eigenvalue weighted by atomic mass is 32.2. The second kappa shape index (κ2) is 1.74. The molecule has 0 saturated carbocycles. The van der Waals surface area contributed by atoms with Gasteiger partial charge in [-0.15, -0.1) is 0 Å². The van der Waals surface area contributed by atoms with Gasteiger partial charge < -0.3 is 4.74 Å². The molecule has 4 heteroatoms. The minimum absolute atomic E-state index is 0.0405. The van der Waals surface area contributed by atoms with Crippen LogP contribution in [-0.4, -0.2) is 33.1 Å². The number of rotatable bonds is 0. The molecule has 0 aromatic heterocycles. The molecule has 2 aliphatic heterocycles. The van der Waals surface area contributed by atoms with Gasteiger partial charge in [0, 0.05) is 5.41 Å². The van der Waals surface area contributed by atoms with Crippen LogP contribution in [0.4, 0.5) is 0 Å². The summed E-state index contributed by atoms with van der Waals surface area (Å²) >= 11 is 0. The van der Waals surface area contributed by atoms with Crippen molar-refractivity contribution in [2.75, 3.05) is 24.7 Å². The van der Waals surface area contributed by atoms with Crippen molar-refractivity contribution in [3.8, 4) is 0 Å². The standard InChI is InChI=1S/C6H10O3S/c7-10(8)2-1-6(5-10)3-9-4-6/h1-5H2. The summed E-state index contributed by atoms with van der Waals surface area (Å²) in [6, 6.07) is 0. The Balaban J connectivity index is 2.19. The predicted octanol–water partition coefficient (Wildman–Crippen LogP) is -0.178. The molecule has 10 heavy (non-hydrogen) atoms. The van der Waals surface area contributed by atoms with Gasteiger partial charge in [0.1, 0.15) is 0 Å². The van der Waals surface area contributed by atoms with Crippen molar-refractivity contribution >= 4 is 9.84 Å². The van der Waals surface area contributed by atoms with Crippen LogP contribution < -0.4 is 0 Å². The van der Waals surface area contributed by atoms with Crippen LogP contribution in [0.2, 0.25) is 0 Å². The lowest BCUT2D eigenvalue weighted by Crippen LogP contribution is -2.43. The van der Waals surface area contributed by atoms with Crippen molar-refractivity contribution in [3.05, 3.63) is 0 Å². The van der Waals surface area contributed by atoms with E-state index in [2.05, 4.69) is 0 Å². The molecule has 0 bridgehead atoms. The van der Waals surface area contributed by atoms with Crippen molar-refractivity contribution < 1.29 is 13.2 Å². The molecule has 2 rings (SSSR count). The van der Waals surface area contributed by atoms with Gasteiger partial charge in [-0.1, -0.05) is 0 Å². The third-order valence-corrected chi connectivity index (χ3v) is 4.16. The zero-order valence-electron chi connectivity index (χ0n) is 5.67. The molecule has 0 N–H and O–H groups in total. The van der Waals surface area contributed by atoms with Crippen LogP contribution in [-0.2, 0) is 14.6 Å². The first-order valence-corrected chi connectivity index (χ1v) is 5.22. The molecule has 58 valence electrons. The molecule has 0 amide bonds. The SMILES string of the molecule is O=S1(=O)CCC2(COC2)C1. The molecule has 3 nitrogen and oxygen atoms in total. The van der Waals surface area contributed by atoms with Gasteiger partial charge in [-0.3, -0.25) is 0 Å². The highest BCUT2D eigenvalue weighted by molar-refractivity contribution is 7.91. The molecule has 0 aromatic rings. The Hall–Kier alpha value is -0.0900. The van der Waals surface area contributed by atoms with E-state index < -0.39 is 9.84 Å². The van der Waals surface area contributed by atoms with Gasteiger partial charge >= 0.3 is 0 Å². The largest absolute Gasteiger partial charge is 0.380 e. The van der Waals surface area contributed by atoms with Gasteiger partial charge in [0.15, 0.2) is 9.84 Å². The van der Waals surface area contributed by atoms with Crippen LogP contribution in [0, 0.1) is 5.41 Å². The summed E-state index contributed by atoms with van der Waals surface area (Å²) in [5.74, 6) is 0.732. The van der Waals surface area contributed by atoms with Crippen molar-refractivity contribution in [2.24, 2.45) is 5.41 Å². The van der Waals surface area contributed by atoms with E-state index in [4.69, 9.17) is 4.74 Å². The molecular weight excluding hydrogens is 152 g/mol. The number of hydrogen-bond donors (Lipinski definition) is 0. The summed E-state index contributed by atoms with van der Waals surface area (Å²) in [4.78, 5) is 0. The zero-order chi connectivity index (χ0) is 7.24. The lowest BCUT2D eigenvalue weighted by molar-refractivity contribution is -0.0958. The Morgan fingerprint density at radius 3 is 2.20 bits per heavy atom. The fourth-order valence-corrected chi connectivity index (χ4v) is 3.73. The lowest BCUT2D eigenvalue weighted by atomic mass is 9.86. The Bertz CT molecular complexity index is 238. The van der Waals surface area contributed by atoms with Crippen LogP contribution in [0.15, 0.2) is 0 Å². The predicted molar refractivity (Wildman–Crippen MR) is 36.5 cm³/mol. The minimum Gasteiger partial charge on any atom is -0.380 e. The van der Waals surface area contributed by atoms with Crippen LogP contribution in [0.1, 0.15) is 6.42 Å². The molecule has 0 aliphatic carbocycles. The average molecular weight is 162 g/mol. The quantitative estimate of drug-likeness (QED) is 0.496. The van der Waals surface area contributed by atoms with E-state index in [1.807, 2.05) is 0 Å². The van der Waals surface area contributed by atoms with Crippen molar-refractivity contribution in [1.82, 2.24) is 0 Å². The van der Waals surface area contributed by atoms with E-state index in [-0.39, 0.29) is 5.41 Å². The minimum atomic E-state index is -2.69. The van der Waals surface area contributed by atoms with Crippen LogP contribution in [0.5, 0.6) is 0 Å². The van der Waals surface area contributed by atoms with E-state index in [0.717, 1.165) is 6.42 Å². The van der Waals surface area contributed by atoms with Crippen molar-refractivity contribution in [3.63, 3.8) is 0 Å². The number of ether oxygens (including phenoxy) is 1. The van der Waals surface area contributed by atoms with Gasteiger partial charge in [-0.2, -0.15) is 0 Å². The fourth-order valence-electron chi connectivity index (χ4n) is 1.60. The fraction of sp³-hybridized carbons (Fsp3) is 1.00. The highest BCUT2D eigenvalue weighted by Gasteiger charge is 2.47. The summed E-state index contributed by atoms with van der Waals surface area (Å²) in [7, 11) is -2.69. The molecule has 2 aliphatic rings. The molecule has 2 heterocycles. The Kier molecular flexibility index (Phi) is 1.15. The van der Waals surface area contributed by atoms with Gasteiger partial charge in [0.05, 0.1) is 24.7 Å². The van der Waals surface area contributed by atoms with Crippen LogP contribution >= 0.6 is 0 Å². The third kappa shape index (κ3) is 0.864. The van der Waals surface area contributed by atoms with E-state index in [0.29, 0.717) is 24.7 Å². The first-order chi connectivity index (χ1) is 4.62. The third-order valence-electron chi connectivity index (χ3n) is 2.29. The summed E-state index contributed by atoms with van der Waals surface area (Å²) < 4.78 is 27.0. The Morgan fingerprint density at radius 2 is 2.00 bits per heavy atom. The van der Waals surface area contributed by atoms with Crippen molar-refractivity contribution in [2.45, 2.75) is 6.42 Å². The maximum absolute atomic E-state index is 11.0. The summed E-state index contributed by atoms with van der Waals surface area (Å²) in [6.45, 7) is 1.32. The molecule has 0 aromatic carbocycles. The second-order valence-corrected chi connectivity index (χ2v) is 5.52. The first kappa shape index (κ1) is 6.61. The second-order valence-electron chi connectivity index (χ2n) is 3.33. The normalized spacial score (nSPS) is 34.0. The number of hydrogen-bond acceptors (Lipinski definition) is 3. The van der Waals surface area contributed by atoms with E-state index in [9.17, 15) is 8.42 Å². The van der Waals surface area contributed by atoms with Crippen molar-refractivity contribution in [1.29, 1.82) is 0 Å². The van der Waals surface area contributed by atoms with Gasteiger partial charge in [-0.05, 0) is 6.42 Å². The summed E-state index contributed by atoms with van der Waals surface area (Å²) in [5.41, 5.74) is 0.0405. The molecule has 0 atom stereocenters. The smallest absolute Gasteiger partial charge is 0.151 e. The zero-order valence-corrected chi connectivity index (χ0v) is 6.49. The average Bonchev–Trinajstić information content (AvgIpc) is 2.04. The van der Waals surface area contributed by atoms with Crippen LogP contribution in [0.3, 0.4) is 0 Å². The summed E-state index contributed by atoms with van der Waals surface area (Å²) in [5, 5.41) is 0. The van der Waals surface area contributed by atoms with Gasteiger partial charge in [0.25, 0.3) is 0 Å². The molecule has 0 unspecified atom stereocenters. The maximum Gasteiger partial charge on any atom is 0.151 e. The lowest BCUT2D eigenvalue weighted by Gasteiger charge is -2.36. The number of sulfone groups is 1. The highest BCUT2D eigenvalue weighted by Crippen LogP contribution is 2.38. The van der Waals surface area contributed by atoms with Gasteiger partial charge in [-0.25, -0.2) is 8.42 Å². The maximum atomic E-state index is 11.0. The summed E-state index contributed by atoms with van der Waals surface area (Å²) in [6.07, 6.45) is 0.815. The van der Waals surface area contributed by atoms with E-state index in [1.165, 1.54) is 0 Å². The molecule has 2 fully saturated rings. The topological polar surface area (TPSA) is 43.4 Å². The van der Waals surface area contributed by atoms with E-state index in [1.54, 1.807) is 0 Å². The first-order valence-electron chi connectivity index (χ1n) is 3.40. The molecule has 1 spiro atoms. The molecule has 0 radical (unpaired) electrons. The van der Waals surface area contributed by atoms with Crippen LogP contribution in [0.25, 0.3) is 0 Å². The Labute approximate surface area is 60.3 Å². The van der Waals surface area contributed by atoms with Gasteiger partial charge in [0.2, 0.25) is 0 Å². The Morgan fingerprint density at radius 1 is 1.30 bits per heavy atom.